The summed E-state index contributed by atoms with van der Waals surface area (Å²) >= 11 is 5.20. The number of halogens is 1. The average molecular weight is 339 g/mol. The van der Waals surface area contributed by atoms with Gasteiger partial charge in [0.05, 0.1) is 23.4 Å². The molecule has 0 unspecified atom stereocenters. The average Bonchev–Trinajstić information content (AvgIpc) is 2.74. The van der Waals surface area contributed by atoms with Gasteiger partial charge in [-0.15, -0.1) is 11.3 Å². The van der Waals surface area contributed by atoms with Crippen LogP contribution in [0.1, 0.15) is 16.1 Å². The fourth-order valence-corrected chi connectivity index (χ4v) is 3.27. The molecular weight excluding hydrogens is 324 g/mol. The number of nitrogens with one attached hydrogen (secondary N) is 1. The molecule has 1 aromatic carbocycles. The molecule has 0 radical (unpaired) electrons. The van der Waals surface area contributed by atoms with Gasteiger partial charge in [-0.3, -0.25) is 5.41 Å². The molecule has 0 saturated heterocycles. The van der Waals surface area contributed by atoms with E-state index >= 15 is 0 Å². The van der Waals surface area contributed by atoms with Crippen molar-refractivity contribution in [1.82, 2.24) is 4.98 Å². The molecule has 1 aromatic heterocycles. The first-order chi connectivity index (χ1) is 8.99. The predicted octanol–water partition coefficient (Wildman–Crippen LogP) is 3.13. The van der Waals surface area contributed by atoms with Crippen LogP contribution >= 0.6 is 27.3 Å². The molecule has 0 aliphatic heterocycles. The SMILES string of the molecule is Cc1ncsc1CN(C)c1ccc(C(=N)N)cc1Br. The van der Waals surface area contributed by atoms with Crippen molar-refractivity contribution in [3.8, 4) is 0 Å². The number of nitrogens with two attached hydrogens (primary N) is 1. The number of rotatable bonds is 4. The third kappa shape index (κ3) is 3.13. The maximum absolute atomic E-state index is 7.43. The van der Waals surface area contributed by atoms with Crippen LogP contribution in [0.3, 0.4) is 0 Å². The van der Waals surface area contributed by atoms with Crippen molar-refractivity contribution in [2.75, 3.05) is 11.9 Å². The van der Waals surface area contributed by atoms with E-state index < -0.39 is 0 Å². The van der Waals surface area contributed by atoms with E-state index in [1.807, 2.05) is 37.7 Å². The van der Waals surface area contributed by atoms with Gasteiger partial charge in [0.25, 0.3) is 0 Å². The van der Waals surface area contributed by atoms with Crippen molar-refractivity contribution in [2.24, 2.45) is 5.73 Å². The number of aryl methyl sites for hydroxylation is 1. The van der Waals surface area contributed by atoms with E-state index in [1.54, 1.807) is 11.3 Å². The molecule has 6 heteroatoms. The van der Waals surface area contributed by atoms with Crippen molar-refractivity contribution in [1.29, 1.82) is 5.41 Å². The van der Waals surface area contributed by atoms with Crippen LogP contribution < -0.4 is 10.6 Å². The Hall–Kier alpha value is -1.40. The number of anilines is 1. The van der Waals surface area contributed by atoms with Gasteiger partial charge in [0, 0.05) is 22.0 Å². The molecule has 0 aliphatic carbocycles. The number of hydrogen-bond acceptors (Lipinski definition) is 4. The summed E-state index contributed by atoms with van der Waals surface area (Å²) in [5, 5.41) is 7.43. The molecule has 3 N–H and O–H groups in total. The van der Waals surface area contributed by atoms with E-state index in [0.29, 0.717) is 0 Å². The summed E-state index contributed by atoms with van der Waals surface area (Å²) in [5.41, 5.74) is 10.2. The van der Waals surface area contributed by atoms with Gasteiger partial charge < -0.3 is 10.6 Å². The molecule has 0 bridgehead atoms. The first-order valence-corrected chi connectivity index (χ1v) is 7.40. The highest BCUT2D eigenvalue weighted by atomic mass is 79.9. The Balaban J connectivity index is 2.22. The Morgan fingerprint density at radius 2 is 2.26 bits per heavy atom. The minimum atomic E-state index is 0.0770. The van der Waals surface area contributed by atoms with Gasteiger partial charge in [0.15, 0.2) is 0 Å². The van der Waals surface area contributed by atoms with E-state index in [4.69, 9.17) is 11.1 Å². The zero-order valence-electron chi connectivity index (χ0n) is 10.8. The van der Waals surface area contributed by atoms with Crippen molar-refractivity contribution < 1.29 is 0 Å². The lowest BCUT2D eigenvalue weighted by molar-refractivity contribution is 0.923. The topological polar surface area (TPSA) is 66.0 Å². The van der Waals surface area contributed by atoms with Gasteiger partial charge in [-0.1, -0.05) is 0 Å². The largest absolute Gasteiger partial charge is 0.384 e. The summed E-state index contributed by atoms with van der Waals surface area (Å²) in [7, 11) is 2.03. The Kier molecular flexibility index (Phi) is 4.21. The molecule has 0 aliphatic rings. The number of benzene rings is 1. The summed E-state index contributed by atoms with van der Waals surface area (Å²) in [6, 6.07) is 5.70. The highest BCUT2D eigenvalue weighted by molar-refractivity contribution is 9.10. The van der Waals surface area contributed by atoms with E-state index in [9.17, 15) is 0 Å². The molecule has 2 aromatic rings. The standard InChI is InChI=1S/C13H15BrN4S/c1-8-12(19-7-17-8)6-18(2)11-4-3-9(13(15)16)5-10(11)14/h3-5,7H,6H2,1-2H3,(H3,15,16). The maximum atomic E-state index is 7.43. The minimum absolute atomic E-state index is 0.0770. The lowest BCUT2D eigenvalue weighted by Crippen LogP contribution is -2.17. The Morgan fingerprint density at radius 1 is 1.53 bits per heavy atom. The first-order valence-electron chi connectivity index (χ1n) is 5.73. The van der Waals surface area contributed by atoms with Gasteiger partial charge in [-0.05, 0) is 41.1 Å². The smallest absolute Gasteiger partial charge is 0.122 e. The van der Waals surface area contributed by atoms with Crippen LogP contribution in [0, 0.1) is 12.3 Å². The summed E-state index contributed by atoms with van der Waals surface area (Å²) in [6.07, 6.45) is 0. The van der Waals surface area contributed by atoms with Crippen LogP contribution in [-0.4, -0.2) is 17.9 Å². The molecular formula is C13H15BrN4S. The lowest BCUT2D eigenvalue weighted by atomic mass is 10.2. The van der Waals surface area contributed by atoms with Crippen molar-refractivity contribution >= 4 is 38.8 Å². The summed E-state index contributed by atoms with van der Waals surface area (Å²) in [6.45, 7) is 2.84. The fraction of sp³-hybridized carbons (Fsp3) is 0.231. The van der Waals surface area contributed by atoms with Gasteiger partial charge in [-0.25, -0.2) is 4.98 Å². The number of nitrogen functional groups attached to an aromatic ring is 1. The first kappa shape index (κ1) is 14.0. The van der Waals surface area contributed by atoms with Gasteiger partial charge in [0.2, 0.25) is 0 Å². The normalized spacial score (nSPS) is 10.5. The third-order valence-electron chi connectivity index (χ3n) is 2.90. The molecule has 0 spiro atoms. The van der Waals surface area contributed by atoms with Gasteiger partial charge in [-0.2, -0.15) is 0 Å². The summed E-state index contributed by atoms with van der Waals surface area (Å²) in [4.78, 5) is 7.66. The number of thiazole rings is 1. The van der Waals surface area contributed by atoms with Gasteiger partial charge in [0.1, 0.15) is 5.84 Å². The number of aromatic nitrogens is 1. The number of amidine groups is 1. The van der Waals surface area contributed by atoms with Crippen LogP contribution in [0.5, 0.6) is 0 Å². The number of nitrogens with zero attached hydrogens (tertiary/aromatic N) is 2. The highest BCUT2D eigenvalue weighted by Gasteiger charge is 2.10. The van der Waals surface area contributed by atoms with E-state index in [0.717, 1.165) is 28.0 Å². The fourth-order valence-electron chi connectivity index (χ4n) is 1.76. The quantitative estimate of drug-likeness (QED) is 0.664. The second-order valence-electron chi connectivity index (χ2n) is 4.30. The highest BCUT2D eigenvalue weighted by Crippen LogP contribution is 2.28. The Bertz CT molecular complexity index is 608. The molecule has 19 heavy (non-hydrogen) atoms. The molecule has 0 saturated carbocycles. The second kappa shape index (κ2) is 5.71. The monoisotopic (exact) mass is 338 g/mol. The molecule has 4 nitrogen and oxygen atoms in total. The van der Waals surface area contributed by atoms with Crippen molar-refractivity contribution in [3.63, 3.8) is 0 Å². The lowest BCUT2D eigenvalue weighted by Gasteiger charge is -2.20. The van der Waals surface area contributed by atoms with E-state index in [-0.39, 0.29) is 5.84 Å². The van der Waals surface area contributed by atoms with E-state index in [1.165, 1.54) is 4.88 Å². The zero-order chi connectivity index (χ0) is 14.0. The summed E-state index contributed by atoms with van der Waals surface area (Å²) < 4.78 is 0.935. The van der Waals surface area contributed by atoms with Crippen LogP contribution in [0.2, 0.25) is 0 Å². The Morgan fingerprint density at radius 3 is 2.79 bits per heavy atom. The minimum Gasteiger partial charge on any atom is -0.384 e. The van der Waals surface area contributed by atoms with Crippen molar-refractivity contribution in [3.05, 3.63) is 44.3 Å². The molecule has 100 valence electrons. The zero-order valence-corrected chi connectivity index (χ0v) is 13.2. The predicted molar refractivity (Wildman–Crippen MR) is 84.1 cm³/mol. The molecule has 2 rings (SSSR count). The summed E-state index contributed by atoms with van der Waals surface area (Å²) in [5.74, 6) is 0.0770. The van der Waals surface area contributed by atoms with Crippen LogP contribution in [0.15, 0.2) is 28.2 Å². The molecule has 1 heterocycles. The van der Waals surface area contributed by atoms with E-state index in [2.05, 4.69) is 25.8 Å². The maximum Gasteiger partial charge on any atom is 0.122 e. The third-order valence-corrected chi connectivity index (χ3v) is 4.45. The van der Waals surface area contributed by atoms with Gasteiger partial charge >= 0.3 is 0 Å². The van der Waals surface area contributed by atoms with Crippen LogP contribution in [0.4, 0.5) is 5.69 Å². The molecule has 0 atom stereocenters. The van der Waals surface area contributed by atoms with Crippen LogP contribution in [-0.2, 0) is 6.54 Å². The van der Waals surface area contributed by atoms with Crippen molar-refractivity contribution in [2.45, 2.75) is 13.5 Å². The molecule has 0 fully saturated rings. The molecule has 0 amide bonds. The Labute approximate surface area is 124 Å². The van der Waals surface area contributed by atoms with Crippen LogP contribution in [0.25, 0.3) is 0 Å². The number of hydrogen-bond donors (Lipinski definition) is 2. The second-order valence-corrected chi connectivity index (χ2v) is 6.09.